The normalized spacial score (nSPS) is 18.4. The minimum absolute atomic E-state index is 0.191. The van der Waals surface area contributed by atoms with E-state index in [0.717, 1.165) is 49.4 Å². The molecule has 0 saturated carbocycles. The molecule has 0 unspecified atom stereocenters. The van der Waals surface area contributed by atoms with E-state index in [1.165, 1.54) is 0 Å². The summed E-state index contributed by atoms with van der Waals surface area (Å²) in [7, 11) is 2.20. The molecule has 112 valence electrons. The fourth-order valence-electron chi connectivity index (χ4n) is 2.53. The van der Waals surface area contributed by atoms with E-state index in [-0.39, 0.29) is 5.54 Å². The van der Waals surface area contributed by atoms with Gasteiger partial charge in [0.25, 0.3) is 0 Å². The second kappa shape index (κ2) is 6.98. The van der Waals surface area contributed by atoms with Crippen molar-refractivity contribution in [1.29, 1.82) is 0 Å². The number of aromatic nitrogens is 1. The molecule has 1 aliphatic rings. The standard InChI is InChI=1S/C15H25BrN4/c1-15(2,20-8-6-19(3)7-9-20)12-17-11-14-5-4-13(16)10-18-14/h4-5,10,17H,6-9,11-12H2,1-3H3. The van der Waals surface area contributed by atoms with Crippen LogP contribution in [0.4, 0.5) is 0 Å². The minimum Gasteiger partial charge on any atom is -0.309 e. The molecule has 4 nitrogen and oxygen atoms in total. The third-order valence-electron chi connectivity index (χ3n) is 4.01. The Kier molecular flexibility index (Phi) is 5.55. The summed E-state index contributed by atoms with van der Waals surface area (Å²) in [6.07, 6.45) is 1.85. The zero-order chi connectivity index (χ0) is 14.6. The van der Waals surface area contributed by atoms with Crippen LogP contribution in [0.25, 0.3) is 0 Å². The van der Waals surface area contributed by atoms with Crippen LogP contribution in [0.2, 0.25) is 0 Å². The highest BCUT2D eigenvalue weighted by Gasteiger charge is 2.28. The van der Waals surface area contributed by atoms with Crippen LogP contribution < -0.4 is 5.32 Å². The van der Waals surface area contributed by atoms with Crippen molar-refractivity contribution < 1.29 is 0 Å². The van der Waals surface area contributed by atoms with E-state index in [0.29, 0.717) is 0 Å². The second-order valence-electron chi connectivity index (χ2n) is 6.17. The van der Waals surface area contributed by atoms with Crippen LogP contribution in [0.15, 0.2) is 22.8 Å². The van der Waals surface area contributed by atoms with Crippen molar-refractivity contribution in [3.05, 3.63) is 28.5 Å². The molecule has 0 aliphatic carbocycles. The fourth-order valence-corrected chi connectivity index (χ4v) is 2.77. The largest absolute Gasteiger partial charge is 0.309 e. The van der Waals surface area contributed by atoms with E-state index < -0.39 is 0 Å². The molecule has 2 rings (SSSR count). The molecule has 5 heteroatoms. The van der Waals surface area contributed by atoms with E-state index in [9.17, 15) is 0 Å². The van der Waals surface area contributed by atoms with Gasteiger partial charge in [0.1, 0.15) is 0 Å². The average molecular weight is 341 g/mol. The fraction of sp³-hybridized carbons (Fsp3) is 0.667. The van der Waals surface area contributed by atoms with Gasteiger partial charge in [0, 0.05) is 55.5 Å². The molecule has 0 amide bonds. The maximum atomic E-state index is 4.39. The van der Waals surface area contributed by atoms with Crippen molar-refractivity contribution in [3.63, 3.8) is 0 Å². The van der Waals surface area contributed by atoms with Gasteiger partial charge >= 0.3 is 0 Å². The molecule has 1 N–H and O–H groups in total. The van der Waals surface area contributed by atoms with Crippen molar-refractivity contribution in [1.82, 2.24) is 20.1 Å². The first-order chi connectivity index (χ1) is 9.47. The summed E-state index contributed by atoms with van der Waals surface area (Å²) >= 11 is 3.41. The van der Waals surface area contributed by atoms with Gasteiger partial charge < -0.3 is 10.2 Å². The van der Waals surface area contributed by atoms with Crippen molar-refractivity contribution in [3.8, 4) is 0 Å². The lowest BCUT2D eigenvalue weighted by molar-refractivity contribution is 0.0617. The van der Waals surface area contributed by atoms with Gasteiger partial charge in [-0.2, -0.15) is 0 Å². The number of nitrogens with one attached hydrogen (secondary N) is 1. The van der Waals surface area contributed by atoms with E-state index >= 15 is 0 Å². The second-order valence-corrected chi connectivity index (χ2v) is 7.09. The first-order valence-electron chi connectivity index (χ1n) is 7.22. The van der Waals surface area contributed by atoms with E-state index in [1.807, 2.05) is 12.3 Å². The summed E-state index contributed by atoms with van der Waals surface area (Å²) < 4.78 is 1.03. The van der Waals surface area contributed by atoms with E-state index in [4.69, 9.17) is 0 Å². The molecular weight excluding hydrogens is 316 g/mol. The van der Waals surface area contributed by atoms with E-state index in [1.54, 1.807) is 0 Å². The maximum Gasteiger partial charge on any atom is 0.0542 e. The number of rotatable bonds is 5. The summed E-state index contributed by atoms with van der Waals surface area (Å²) in [6, 6.07) is 4.09. The van der Waals surface area contributed by atoms with Gasteiger partial charge in [-0.3, -0.25) is 9.88 Å². The maximum absolute atomic E-state index is 4.39. The number of halogens is 1. The monoisotopic (exact) mass is 340 g/mol. The molecular formula is C15H25BrN4. The van der Waals surface area contributed by atoms with Crippen LogP contribution in [-0.2, 0) is 6.54 Å². The van der Waals surface area contributed by atoms with Crippen LogP contribution in [0.5, 0.6) is 0 Å². The van der Waals surface area contributed by atoms with E-state index in [2.05, 4.69) is 63.0 Å². The van der Waals surface area contributed by atoms with Gasteiger partial charge in [-0.15, -0.1) is 0 Å². The van der Waals surface area contributed by atoms with Crippen molar-refractivity contribution >= 4 is 15.9 Å². The zero-order valence-corrected chi connectivity index (χ0v) is 14.3. The van der Waals surface area contributed by atoms with Gasteiger partial charge in [0.05, 0.1) is 5.69 Å². The molecule has 1 aromatic rings. The van der Waals surface area contributed by atoms with Gasteiger partial charge in [-0.05, 0) is 49.0 Å². The van der Waals surface area contributed by atoms with Crippen LogP contribution in [0, 0.1) is 0 Å². The van der Waals surface area contributed by atoms with Gasteiger partial charge in [0.15, 0.2) is 0 Å². The first-order valence-corrected chi connectivity index (χ1v) is 8.01. The Morgan fingerprint density at radius 3 is 2.55 bits per heavy atom. The predicted octanol–water partition coefficient (Wildman–Crippen LogP) is 1.96. The Labute approximate surface area is 130 Å². The number of hydrogen-bond donors (Lipinski definition) is 1. The van der Waals surface area contributed by atoms with Crippen molar-refractivity contribution in [2.45, 2.75) is 25.9 Å². The Morgan fingerprint density at radius 1 is 1.25 bits per heavy atom. The van der Waals surface area contributed by atoms with Crippen molar-refractivity contribution in [2.24, 2.45) is 0 Å². The van der Waals surface area contributed by atoms with Crippen LogP contribution in [-0.4, -0.2) is 60.1 Å². The highest BCUT2D eigenvalue weighted by molar-refractivity contribution is 9.10. The molecule has 1 aliphatic heterocycles. The SMILES string of the molecule is CN1CCN(C(C)(C)CNCc2ccc(Br)cn2)CC1. The Hall–Kier alpha value is -0.490. The van der Waals surface area contributed by atoms with Crippen molar-refractivity contribution in [2.75, 3.05) is 39.8 Å². The number of pyridine rings is 1. The molecule has 20 heavy (non-hydrogen) atoms. The molecule has 0 aromatic carbocycles. The predicted molar refractivity (Wildman–Crippen MR) is 86.8 cm³/mol. The highest BCUT2D eigenvalue weighted by Crippen LogP contribution is 2.16. The third kappa shape index (κ3) is 4.52. The highest BCUT2D eigenvalue weighted by atomic mass is 79.9. The minimum atomic E-state index is 0.191. The number of piperazine rings is 1. The van der Waals surface area contributed by atoms with Gasteiger partial charge in [0.2, 0.25) is 0 Å². The number of hydrogen-bond acceptors (Lipinski definition) is 4. The Balaban J connectivity index is 1.78. The molecule has 0 bridgehead atoms. The summed E-state index contributed by atoms with van der Waals surface area (Å²) in [5.74, 6) is 0. The number of nitrogens with zero attached hydrogens (tertiary/aromatic N) is 3. The van der Waals surface area contributed by atoms with Crippen LogP contribution >= 0.6 is 15.9 Å². The topological polar surface area (TPSA) is 31.4 Å². The first kappa shape index (κ1) is 15.9. The van der Waals surface area contributed by atoms with Crippen LogP contribution in [0.1, 0.15) is 19.5 Å². The third-order valence-corrected chi connectivity index (χ3v) is 4.48. The zero-order valence-electron chi connectivity index (χ0n) is 12.7. The summed E-state index contributed by atoms with van der Waals surface area (Å²) in [4.78, 5) is 9.36. The molecule has 1 fully saturated rings. The van der Waals surface area contributed by atoms with Gasteiger partial charge in [-0.25, -0.2) is 0 Å². The van der Waals surface area contributed by atoms with Crippen LogP contribution in [0.3, 0.4) is 0 Å². The summed E-state index contributed by atoms with van der Waals surface area (Å²) in [5.41, 5.74) is 1.28. The van der Waals surface area contributed by atoms with Gasteiger partial charge in [-0.1, -0.05) is 0 Å². The molecule has 0 radical (unpaired) electrons. The lowest BCUT2D eigenvalue weighted by Gasteiger charge is -2.43. The molecule has 2 heterocycles. The quantitative estimate of drug-likeness (QED) is 0.887. The molecule has 0 atom stereocenters. The molecule has 0 spiro atoms. The Bertz CT molecular complexity index is 410. The average Bonchev–Trinajstić information content (AvgIpc) is 2.41. The molecule has 1 saturated heterocycles. The molecule has 1 aromatic heterocycles. The number of likely N-dealkylation sites (N-methyl/N-ethyl adjacent to an activating group) is 1. The lowest BCUT2D eigenvalue weighted by Crippen LogP contribution is -2.57. The lowest BCUT2D eigenvalue weighted by atomic mass is 10.0. The Morgan fingerprint density at radius 2 is 1.95 bits per heavy atom. The summed E-state index contributed by atoms with van der Waals surface area (Å²) in [6.45, 7) is 11.1. The smallest absolute Gasteiger partial charge is 0.0542 e. The summed E-state index contributed by atoms with van der Waals surface area (Å²) in [5, 5.41) is 3.54.